The van der Waals surface area contributed by atoms with E-state index in [1.54, 1.807) is 12.1 Å². The third-order valence-electron chi connectivity index (χ3n) is 3.68. The molecule has 1 aliphatic rings. The maximum Gasteiger partial charge on any atom is 0.128 e. The van der Waals surface area contributed by atoms with Gasteiger partial charge in [0.25, 0.3) is 0 Å². The first-order valence-electron chi connectivity index (χ1n) is 7.30. The summed E-state index contributed by atoms with van der Waals surface area (Å²) in [6.07, 6.45) is 0.956. The molecule has 2 rings (SSSR count). The fourth-order valence-corrected chi connectivity index (χ4v) is 3.05. The van der Waals surface area contributed by atoms with Crippen molar-refractivity contribution in [1.82, 2.24) is 4.90 Å². The largest absolute Gasteiger partial charge is 0.508 e. The van der Waals surface area contributed by atoms with Crippen LogP contribution in [0.5, 0.6) is 11.5 Å². The zero-order chi connectivity index (χ0) is 15.1. The third kappa shape index (κ3) is 3.45. The van der Waals surface area contributed by atoms with Gasteiger partial charge in [0.05, 0.1) is 0 Å². The van der Waals surface area contributed by atoms with Crippen molar-refractivity contribution in [2.75, 3.05) is 13.6 Å². The molecule has 1 aliphatic heterocycles. The van der Waals surface area contributed by atoms with Gasteiger partial charge in [-0.3, -0.25) is 4.90 Å². The molecule has 0 saturated heterocycles. The van der Waals surface area contributed by atoms with Crippen LogP contribution in [-0.4, -0.2) is 29.2 Å². The van der Waals surface area contributed by atoms with E-state index < -0.39 is 0 Å². The zero-order valence-electron chi connectivity index (χ0n) is 13.5. The maximum absolute atomic E-state index is 9.68. The van der Waals surface area contributed by atoms with Gasteiger partial charge in [0.15, 0.2) is 0 Å². The Labute approximate surface area is 122 Å². The minimum absolute atomic E-state index is 0.211. The topological polar surface area (TPSA) is 32.7 Å². The van der Waals surface area contributed by atoms with Gasteiger partial charge < -0.3 is 9.84 Å². The van der Waals surface area contributed by atoms with E-state index in [0.29, 0.717) is 6.04 Å². The molecule has 20 heavy (non-hydrogen) atoms. The van der Waals surface area contributed by atoms with Crippen molar-refractivity contribution in [3.05, 3.63) is 23.8 Å². The van der Waals surface area contributed by atoms with Gasteiger partial charge >= 0.3 is 0 Å². The fraction of sp³-hybridized carbons (Fsp3) is 0.647. The minimum Gasteiger partial charge on any atom is -0.508 e. The Morgan fingerprint density at radius 2 is 2.00 bits per heavy atom. The van der Waals surface area contributed by atoms with Gasteiger partial charge in [-0.2, -0.15) is 0 Å². The van der Waals surface area contributed by atoms with Crippen molar-refractivity contribution in [1.29, 1.82) is 0 Å². The second kappa shape index (κ2) is 4.96. The first kappa shape index (κ1) is 15.2. The second-order valence-corrected chi connectivity index (χ2v) is 7.78. The van der Waals surface area contributed by atoms with Crippen LogP contribution in [-0.2, 0) is 0 Å². The summed E-state index contributed by atoms with van der Waals surface area (Å²) >= 11 is 0. The Kier molecular flexibility index (Phi) is 3.76. The summed E-state index contributed by atoms with van der Waals surface area (Å²) in [5.74, 6) is 1.07. The first-order valence-corrected chi connectivity index (χ1v) is 7.30. The van der Waals surface area contributed by atoms with E-state index in [9.17, 15) is 5.11 Å². The number of hydrogen-bond acceptors (Lipinski definition) is 3. The highest BCUT2D eigenvalue weighted by atomic mass is 16.5. The van der Waals surface area contributed by atoms with Crippen LogP contribution in [0.3, 0.4) is 0 Å². The molecule has 1 unspecified atom stereocenters. The van der Waals surface area contributed by atoms with E-state index in [1.807, 2.05) is 6.07 Å². The van der Waals surface area contributed by atoms with E-state index in [1.165, 1.54) is 5.56 Å². The molecular weight excluding hydrogens is 250 g/mol. The van der Waals surface area contributed by atoms with E-state index in [2.05, 4.69) is 46.6 Å². The first-order chi connectivity index (χ1) is 9.07. The van der Waals surface area contributed by atoms with E-state index in [4.69, 9.17) is 4.74 Å². The molecule has 112 valence electrons. The number of nitrogens with zero attached hydrogens (tertiary/aromatic N) is 1. The molecule has 0 fully saturated rings. The number of fused-ring (bicyclic) bond motifs is 1. The molecule has 1 N–H and O–H groups in total. The Hall–Kier alpha value is -1.22. The number of aromatic hydroxyl groups is 1. The molecule has 0 saturated carbocycles. The fourth-order valence-electron chi connectivity index (χ4n) is 3.05. The Morgan fingerprint density at radius 3 is 2.60 bits per heavy atom. The molecular formula is C17H27NO2. The normalized spacial score (nSPS) is 21.4. The lowest BCUT2D eigenvalue weighted by Crippen LogP contribution is -2.42. The monoisotopic (exact) mass is 277 g/mol. The van der Waals surface area contributed by atoms with Gasteiger partial charge in [0.1, 0.15) is 17.1 Å². The number of phenols is 1. The molecule has 0 radical (unpaired) electrons. The Bertz CT molecular complexity index is 488. The zero-order valence-corrected chi connectivity index (χ0v) is 13.5. The van der Waals surface area contributed by atoms with Gasteiger partial charge in [-0.05, 0) is 32.4 Å². The van der Waals surface area contributed by atoms with Gasteiger partial charge in [-0.1, -0.05) is 26.8 Å². The van der Waals surface area contributed by atoms with E-state index >= 15 is 0 Å². The lowest BCUT2D eigenvalue weighted by molar-refractivity contribution is 0.0286. The highest BCUT2D eigenvalue weighted by Gasteiger charge is 2.36. The van der Waals surface area contributed by atoms with Gasteiger partial charge in [0, 0.05) is 30.6 Å². The summed E-state index contributed by atoms with van der Waals surface area (Å²) in [6.45, 7) is 12.0. The Morgan fingerprint density at radius 1 is 1.35 bits per heavy atom. The predicted molar refractivity (Wildman–Crippen MR) is 82.3 cm³/mol. The van der Waals surface area contributed by atoms with Crippen LogP contribution < -0.4 is 4.74 Å². The SMILES string of the molecule is CN(CC(C)(C)C)C1CC(C)(C)Oc2cc(O)ccc21. The van der Waals surface area contributed by atoms with Crippen molar-refractivity contribution in [2.45, 2.75) is 52.7 Å². The summed E-state index contributed by atoms with van der Waals surface area (Å²) in [6, 6.07) is 5.80. The van der Waals surface area contributed by atoms with Crippen LogP contribution >= 0.6 is 0 Å². The highest BCUT2D eigenvalue weighted by molar-refractivity contribution is 5.44. The van der Waals surface area contributed by atoms with Crippen LogP contribution in [0.4, 0.5) is 0 Å². The molecule has 0 bridgehead atoms. The molecule has 0 aliphatic carbocycles. The highest BCUT2D eigenvalue weighted by Crippen LogP contribution is 2.43. The molecule has 3 heteroatoms. The predicted octanol–water partition coefficient (Wildman–Crippen LogP) is 3.97. The number of ether oxygens (including phenoxy) is 1. The average Bonchev–Trinajstić information content (AvgIpc) is 2.23. The molecule has 0 spiro atoms. The van der Waals surface area contributed by atoms with Gasteiger partial charge in [-0.25, -0.2) is 0 Å². The van der Waals surface area contributed by atoms with Crippen LogP contribution in [0, 0.1) is 5.41 Å². The van der Waals surface area contributed by atoms with Crippen LogP contribution in [0.15, 0.2) is 18.2 Å². The summed E-state index contributed by atoms with van der Waals surface area (Å²) in [4.78, 5) is 2.40. The molecule has 1 atom stereocenters. The molecule has 1 aromatic rings. The number of rotatable bonds is 2. The molecule has 1 heterocycles. The van der Waals surface area contributed by atoms with Gasteiger partial charge in [-0.15, -0.1) is 0 Å². The quantitative estimate of drug-likeness (QED) is 0.887. The lowest BCUT2D eigenvalue weighted by atomic mass is 9.87. The summed E-state index contributed by atoms with van der Waals surface area (Å²) < 4.78 is 6.02. The standard InChI is InChI=1S/C17H27NO2/c1-16(2,3)11-18(6)14-10-17(4,5)20-15-9-12(19)7-8-13(14)15/h7-9,14,19H,10-11H2,1-6H3. The van der Waals surface area contributed by atoms with Crippen molar-refractivity contribution in [2.24, 2.45) is 5.41 Å². The second-order valence-electron chi connectivity index (χ2n) is 7.78. The average molecular weight is 277 g/mol. The summed E-state index contributed by atoms with van der Waals surface area (Å²) in [5.41, 5.74) is 1.22. The van der Waals surface area contributed by atoms with Crippen LogP contribution in [0.2, 0.25) is 0 Å². The molecule has 1 aromatic carbocycles. The minimum atomic E-state index is -0.211. The summed E-state index contributed by atoms with van der Waals surface area (Å²) in [5, 5.41) is 9.68. The number of hydrogen-bond donors (Lipinski definition) is 1. The smallest absolute Gasteiger partial charge is 0.128 e. The van der Waals surface area contributed by atoms with Crippen LogP contribution in [0.1, 0.15) is 52.6 Å². The lowest BCUT2D eigenvalue weighted by Gasteiger charge is -2.43. The van der Waals surface area contributed by atoms with E-state index in [-0.39, 0.29) is 16.8 Å². The van der Waals surface area contributed by atoms with Gasteiger partial charge in [0.2, 0.25) is 0 Å². The van der Waals surface area contributed by atoms with Crippen molar-refractivity contribution in [3.8, 4) is 11.5 Å². The van der Waals surface area contributed by atoms with Crippen molar-refractivity contribution < 1.29 is 9.84 Å². The third-order valence-corrected chi connectivity index (χ3v) is 3.68. The summed E-state index contributed by atoms with van der Waals surface area (Å²) in [7, 11) is 2.17. The number of benzene rings is 1. The maximum atomic E-state index is 9.68. The molecule has 3 nitrogen and oxygen atoms in total. The van der Waals surface area contributed by atoms with Crippen molar-refractivity contribution >= 4 is 0 Å². The van der Waals surface area contributed by atoms with Crippen molar-refractivity contribution in [3.63, 3.8) is 0 Å². The van der Waals surface area contributed by atoms with E-state index in [0.717, 1.165) is 18.7 Å². The molecule has 0 aromatic heterocycles. The molecule has 0 amide bonds. The van der Waals surface area contributed by atoms with Crippen LogP contribution in [0.25, 0.3) is 0 Å². The Balaban J connectivity index is 2.34. The number of phenolic OH excluding ortho intramolecular Hbond substituents is 1.